The summed E-state index contributed by atoms with van der Waals surface area (Å²) in [5, 5.41) is 0. The lowest BCUT2D eigenvalue weighted by Gasteiger charge is -2.05. The largest absolute Gasteiger partial charge is 0.458 e. The molecule has 2 aromatic rings. The zero-order valence-corrected chi connectivity index (χ0v) is 19.9. The van der Waals surface area contributed by atoms with Gasteiger partial charge in [0, 0.05) is 0 Å². The molecule has 2 rings (SSSR count). The Kier molecular flexibility index (Phi) is 13.7. The van der Waals surface area contributed by atoms with E-state index in [9.17, 15) is 19.2 Å². The molecule has 0 aliphatic carbocycles. The Labute approximate surface area is 210 Å². The van der Waals surface area contributed by atoms with E-state index in [2.05, 4.69) is 26.3 Å². The summed E-state index contributed by atoms with van der Waals surface area (Å²) in [4.78, 5) is 46.2. The van der Waals surface area contributed by atoms with Gasteiger partial charge in [0.15, 0.2) is 0 Å². The number of rotatable bonds is 12. The normalized spacial score (nSPS) is 9.33. The van der Waals surface area contributed by atoms with Crippen molar-refractivity contribution in [2.45, 2.75) is 0 Å². The highest BCUT2D eigenvalue weighted by Crippen LogP contribution is 2.09. The monoisotopic (exact) mass is 492 g/mol. The van der Waals surface area contributed by atoms with Crippen LogP contribution in [0.2, 0.25) is 0 Å². The summed E-state index contributed by atoms with van der Waals surface area (Å²) in [6.07, 6.45) is 5.89. The Morgan fingerprint density at radius 2 is 0.722 bits per heavy atom. The van der Waals surface area contributed by atoms with E-state index < -0.39 is 23.9 Å². The molecule has 0 saturated carbocycles. The quantitative estimate of drug-likeness (QED) is 0.238. The zero-order valence-electron chi connectivity index (χ0n) is 19.9. The Bertz CT molecular complexity index is 934. The second-order valence-corrected chi connectivity index (χ2v) is 6.71. The maximum Gasteiger partial charge on any atom is 0.338 e. The number of carbonyl (C=O) groups excluding carboxylic acids is 4. The molecule has 8 heteroatoms. The van der Waals surface area contributed by atoms with Crippen LogP contribution in [0, 0.1) is 0 Å². The smallest absolute Gasteiger partial charge is 0.338 e. The van der Waals surface area contributed by atoms with Gasteiger partial charge < -0.3 is 18.9 Å². The van der Waals surface area contributed by atoms with Gasteiger partial charge in [0.2, 0.25) is 0 Å². The molecule has 0 heterocycles. The summed E-state index contributed by atoms with van der Waals surface area (Å²) in [6.45, 7) is 14.3. The zero-order chi connectivity index (χ0) is 26.8. The molecule has 2 aromatic carbocycles. The van der Waals surface area contributed by atoms with Gasteiger partial charge in [-0.15, -0.1) is 0 Å². The fourth-order valence-corrected chi connectivity index (χ4v) is 2.42. The predicted molar refractivity (Wildman–Crippen MR) is 135 cm³/mol. The fraction of sp³-hybridized carbons (Fsp3) is 0.143. The first-order valence-electron chi connectivity index (χ1n) is 10.7. The van der Waals surface area contributed by atoms with E-state index in [0.29, 0.717) is 22.3 Å². The summed E-state index contributed by atoms with van der Waals surface area (Å²) in [6, 6.07) is 12.3. The van der Waals surface area contributed by atoms with Gasteiger partial charge in [0.1, 0.15) is 26.4 Å². The fourth-order valence-electron chi connectivity index (χ4n) is 2.42. The topological polar surface area (TPSA) is 105 Å². The summed E-state index contributed by atoms with van der Waals surface area (Å²) in [5.41, 5.74) is 1.18. The lowest BCUT2D eigenvalue weighted by molar-refractivity contribution is 0.0530. The number of hydrogen-bond acceptors (Lipinski definition) is 8. The highest BCUT2D eigenvalue weighted by molar-refractivity contribution is 5.96. The number of benzene rings is 2. The van der Waals surface area contributed by atoms with Crippen LogP contribution < -0.4 is 0 Å². The minimum atomic E-state index is -0.506. The average molecular weight is 493 g/mol. The first kappa shape index (κ1) is 29.3. The lowest BCUT2D eigenvalue weighted by Crippen LogP contribution is -2.09. The van der Waals surface area contributed by atoms with Gasteiger partial charge in [-0.2, -0.15) is 0 Å². The van der Waals surface area contributed by atoms with Crippen LogP contribution in [0.4, 0.5) is 0 Å². The second-order valence-electron chi connectivity index (χ2n) is 6.71. The molecule has 0 bridgehead atoms. The van der Waals surface area contributed by atoms with Gasteiger partial charge in [-0.25, -0.2) is 19.2 Å². The number of ether oxygens (including phenoxy) is 4. The molecule has 0 aliphatic heterocycles. The maximum absolute atomic E-state index is 11.6. The van der Waals surface area contributed by atoms with Crippen molar-refractivity contribution in [3.8, 4) is 0 Å². The third-order valence-electron chi connectivity index (χ3n) is 4.00. The van der Waals surface area contributed by atoms with Crippen molar-refractivity contribution in [1.29, 1.82) is 0 Å². The van der Waals surface area contributed by atoms with Crippen LogP contribution >= 0.6 is 0 Å². The maximum atomic E-state index is 11.6. The molecule has 0 unspecified atom stereocenters. The summed E-state index contributed by atoms with van der Waals surface area (Å²) < 4.78 is 19.5. The van der Waals surface area contributed by atoms with E-state index in [1.54, 1.807) is 36.4 Å². The van der Waals surface area contributed by atoms with Gasteiger partial charge >= 0.3 is 23.9 Å². The van der Waals surface area contributed by atoms with Gasteiger partial charge in [0.25, 0.3) is 0 Å². The molecule has 0 spiro atoms. The molecule has 8 nitrogen and oxygen atoms in total. The molecule has 0 N–H and O–H groups in total. The van der Waals surface area contributed by atoms with E-state index >= 15 is 0 Å². The Morgan fingerprint density at radius 1 is 0.500 bits per heavy atom. The van der Waals surface area contributed by atoms with Crippen molar-refractivity contribution in [1.82, 2.24) is 0 Å². The van der Waals surface area contributed by atoms with Crippen molar-refractivity contribution >= 4 is 23.9 Å². The molecule has 188 valence electrons. The van der Waals surface area contributed by atoms with E-state index in [4.69, 9.17) is 18.9 Å². The summed E-state index contributed by atoms with van der Waals surface area (Å²) >= 11 is 0. The van der Waals surface area contributed by atoms with Crippen LogP contribution in [0.5, 0.6) is 0 Å². The minimum absolute atomic E-state index is 0.129. The number of hydrogen-bond donors (Lipinski definition) is 0. The average Bonchev–Trinajstić information content (AvgIpc) is 2.92. The SMILES string of the molecule is C=CCOC(=O)c1cccc(C(=O)OCC=C)c1.C=CCOC(=O)c1cccc(C(=O)OCC=C)c1. The van der Waals surface area contributed by atoms with E-state index in [-0.39, 0.29) is 26.4 Å². The molecule has 36 heavy (non-hydrogen) atoms. The van der Waals surface area contributed by atoms with E-state index in [1.165, 1.54) is 36.4 Å². The van der Waals surface area contributed by atoms with Crippen LogP contribution in [-0.2, 0) is 18.9 Å². The van der Waals surface area contributed by atoms with Crippen molar-refractivity contribution < 1.29 is 38.1 Å². The molecule has 0 amide bonds. The predicted octanol–water partition coefficient (Wildman–Crippen LogP) is 4.74. The van der Waals surface area contributed by atoms with Crippen LogP contribution in [0.15, 0.2) is 99.2 Å². The molecule has 0 aromatic heterocycles. The molecule has 0 aliphatic rings. The van der Waals surface area contributed by atoms with Gasteiger partial charge in [0.05, 0.1) is 22.3 Å². The van der Waals surface area contributed by atoms with Crippen LogP contribution in [-0.4, -0.2) is 50.3 Å². The number of carbonyl (C=O) groups is 4. The van der Waals surface area contributed by atoms with Crippen LogP contribution in [0.3, 0.4) is 0 Å². The van der Waals surface area contributed by atoms with Crippen LogP contribution in [0.25, 0.3) is 0 Å². The summed E-state index contributed by atoms with van der Waals surface area (Å²) in [5.74, 6) is -2.02. The molecular formula is C28H28O8. The van der Waals surface area contributed by atoms with Crippen LogP contribution in [0.1, 0.15) is 41.4 Å². The van der Waals surface area contributed by atoms with Gasteiger partial charge in [-0.05, 0) is 36.4 Å². The highest BCUT2D eigenvalue weighted by Gasteiger charge is 2.12. The standard InChI is InChI=1S/2C14H14O4/c2*1-3-8-17-13(15)11-6-5-7-12(10-11)14(16)18-9-4-2/h2*3-7,10H,1-2,8-9H2. The van der Waals surface area contributed by atoms with Crippen molar-refractivity contribution in [3.05, 3.63) is 121 Å². The third-order valence-corrected chi connectivity index (χ3v) is 4.00. The second kappa shape index (κ2) is 16.8. The highest BCUT2D eigenvalue weighted by atomic mass is 16.5. The van der Waals surface area contributed by atoms with E-state index in [0.717, 1.165) is 0 Å². The molecular weight excluding hydrogens is 464 g/mol. The first-order valence-corrected chi connectivity index (χ1v) is 10.7. The van der Waals surface area contributed by atoms with Crippen molar-refractivity contribution in [2.24, 2.45) is 0 Å². The Morgan fingerprint density at radius 3 is 0.917 bits per heavy atom. The van der Waals surface area contributed by atoms with Gasteiger partial charge in [-0.1, -0.05) is 62.8 Å². The molecule has 0 fully saturated rings. The Hall–Kier alpha value is -4.72. The van der Waals surface area contributed by atoms with Crippen molar-refractivity contribution in [3.63, 3.8) is 0 Å². The van der Waals surface area contributed by atoms with Crippen molar-refractivity contribution in [2.75, 3.05) is 26.4 Å². The molecule has 0 radical (unpaired) electrons. The van der Waals surface area contributed by atoms with Gasteiger partial charge in [-0.3, -0.25) is 0 Å². The minimum Gasteiger partial charge on any atom is -0.458 e. The first-order chi connectivity index (χ1) is 17.4. The van der Waals surface area contributed by atoms with E-state index in [1.807, 2.05) is 0 Å². The third kappa shape index (κ3) is 10.5. The number of esters is 4. The Balaban J connectivity index is 0.000000360. The summed E-state index contributed by atoms with van der Waals surface area (Å²) in [7, 11) is 0. The lowest BCUT2D eigenvalue weighted by atomic mass is 10.1. The molecule has 0 saturated heterocycles. The molecule has 0 atom stereocenters.